The molecule has 0 saturated carbocycles. The summed E-state index contributed by atoms with van der Waals surface area (Å²) >= 11 is 1.79. The molecule has 5 heteroatoms. The first-order chi connectivity index (χ1) is 23.7. The van der Waals surface area contributed by atoms with Gasteiger partial charge in [-0.1, -0.05) is 115 Å². The fraction of sp³-hybridized carbons (Fsp3) is 0. The van der Waals surface area contributed by atoms with Gasteiger partial charge < -0.3 is 4.42 Å². The van der Waals surface area contributed by atoms with Crippen molar-refractivity contribution in [2.75, 3.05) is 0 Å². The third kappa shape index (κ3) is 4.40. The van der Waals surface area contributed by atoms with E-state index in [1.807, 2.05) is 24.3 Å². The Hall–Kier alpha value is -6.17. The SMILES string of the molecule is c1ccc2cc(-c3ccc(-c4nc(-c5ccc6c(c5)oc5ccccc56)nc(-c5cccc6sc7ccccc7c56)n4)cc3)ccc2c1. The van der Waals surface area contributed by atoms with Gasteiger partial charge in [-0.2, -0.15) is 0 Å². The Morgan fingerprint density at radius 2 is 1.04 bits per heavy atom. The van der Waals surface area contributed by atoms with Crippen molar-refractivity contribution in [2.24, 2.45) is 0 Å². The highest BCUT2D eigenvalue weighted by molar-refractivity contribution is 7.25. The second-order valence-corrected chi connectivity index (χ2v) is 13.1. The number of hydrogen-bond donors (Lipinski definition) is 0. The lowest BCUT2D eigenvalue weighted by molar-refractivity contribution is 0.669. The maximum Gasteiger partial charge on any atom is 0.164 e. The molecule has 3 aromatic heterocycles. The molecular weight excluding hydrogens is 607 g/mol. The van der Waals surface area contributed by atoms with Crippen LogP contribution in [0.2, 0.25) is 0 Å². The molecule has 0 aliphatic rings. The molecule has 4 nitrogen and oxygen atoms in total. The summed E-state index contributed by atoms with van der Waals surface area (Å²) in [5, 5.41) is 7.00. The Morgan fingerprint density at radius 3 is 1.94 bits per heavy atom. The van der Waals surface area contributed by atoms with Gasteiger partial charge in [-0.15, -0.1) is 11.3 Å². The molecule has 0 spiro atoms. The van der Waals surface area contributed by atoms with Gasteiger partial charge in [0.25, 0.3) is 0 Å². The molecule has 10 aromatic rings. The minimum Gasteiger partial charge on any atom is -0.456 e. The molecular formula is C43H25N3OS. The molecule has 0 N–H and O–H groups in total. The van der Waals surface area contributed by atoms with E-state index >= 15 is 0 Å². The van der Waals surface area contributed by atoms with E-state index in [4.69, 9.17) is 19.4 Å². The number of benzene rings is 7. The first kappa shape index (κ1) is 27.0. The summed E-state index contributed by atoms with van der Waals surface area (Å²) in [4.78, 5) is 15.3. The number of furan rings is 1. The summed E-state index contributed by atoms with van der Waals surface area (Å²) in [7, 11) is 0. The second-order valence-electron chi connectivity index (χ2n) is 12.0. The van der Waals surface area contributed by atoms with Gasteiger partial charge in [0.2, 0.25) is 0 Å². The molecule has 48 heavy (non-hydrogen) atoms. The van der Waals surface area contributed by atoms with Crippen LogP contribution in [0.1, 0.15) is 0 Å². The van der Waals surface area contributed by atoms with Crippen LogP contribution in [0.25, 0.3) is 98.2 Å². The van der Waals surface area contributed by atoms with Gasteiger partial charge >= 0.3 is 0 Å². The topological polar surface area (TPSA) is 51.8 Å². The molecule has 224 valence electrons. The van der Waals surface area contributed by atoms with Crippen LogP contribution in [0.3, 0.4) is 0 Å². The second kappa shape index (κ2) is 10.7. The molecule has 0 fully saturated rings. The zero-order valence-corrected chi connectivity index (χ0v) is 26.4. The van der Waals surface area contributed by atoms with Crippen molar-refractivity contribution >= 4 is 64.2 Å². The Labute approximate surface area is 279 Å². The number of thiophene rings is 1. The third-order valence-electron chi connectivity index (χ3n) is 9.14. The fourth-order valence-corrected chi connectivity index (χ4v) is 7.89. The molecule has 0 aliphatic heterocycles. The van der Waals surface area contributed by atoms with Crippen molar-refractivity contribution in [3.05, 3.63) is 152 Å². The highest BCUT2D eigenvalue weighted by Crippen LogP contribution is 2.40. The number of fused-ring (bicyclic) bond motifs is 7. The van der Waals surface area contributed by atoms with E-state index in [-0.39, 0.29) is 0 Å². The van der Waals surface area contributed by atoms with Crippen molar-refractivity contribution in [3.63, 3.8) is 0 Å². The van der Waals surface area contributed by atoms with E-state index in [0.29, 0.717) is 17.5 Å². The first-order valence-corrected chi connectivity index (χ1v) is 16.7. The van der Waals surface area contributed by atoms with Crippen LogP contribution < -0.4 is 0 Å². The van der Waals surface area contributed by atoms with Gasteiger partial charge in [-0.25, -0.2) is 15.0 Å². The quantitative estimate of drug-likeness (QED) is 0.194. The molecule has 0 atom stereocenters. The summed E-state index contributed by atoms with van der Waals surface area (Å²) in [6, 6.07) is 52.8. The standard InChI is InChI=1S/C43H25N3OS/c1-2-9-29-24-30(21-18-26(29)8-1)27-16-19-28(20-17-27)41-44-42(31-22-23-33-32-10-3-5-13-36(32)47-37(33)25-31)46-43(45-41)35-12-7-15-39-40(35)34-11-4-6-14-38(34)48-39/h1-25H. The molecule has 0 saturated heterocycles. The third-order valence-corrected chi connectivity index (χ3v) is 10.3. The smallest absolute Gasteiger partial charge is 0.164 e. The maximum atomic E-state index is 6.25. The Morgan fingerprint density at radius 1 is 0.396 bits per heavy atom. The van der Waals surface area contributed by atoms with Gasteiger partial charge in [0, 0.05) is 47.6 Å². The van der Waals surface area contributed by atoms with Crippen LogP contribution in [-0.2, 0) is 0 Å². The highest BCUT2D eigenvalue weighted by Gasteiger charge is 2.18. The van der Waals surface area contributed by atoms with Gasteiger partial charge in [0.15, 0.2) is 17.5 Å². The van der Waals surface area contributed by atoms with Crippen LogP contribution in [0.15, 0.2) is 156 Å². The van der Waals surface area contributed by atoms with Crippen molar-refractivity contribution in [2.45, 2.75) is 0 Å². The predicted octanol–water partition coefficient (Wildman–Crippen LogP) is 12.0. The largest absolute Gasteiger partial charge is 0.456 e. The lowest BCUT2D eigenvalue weighted by atomic mass is 10.00. The molecule has 0 amide bonds. The predicted molar refractivity (Wildman–Crippen MR) is 199 cm³/mol. The summed E-state index contributed by atoms with van der Waals surface area (Å²) in [6.45, 7) is 0. The Kier molecular flexibility index (Phi) is 6.01. The molecule has 3 heterocycles. The first-order valence-electron chi connectivity index (χ1n) is 15.9. The van der Waals surface area contributed by atoms with Gasteiger partial charge in [-0.05, 0) is 58.3 Å². The molecule has 7 aromatic carbocycles. The number of para-hydroxylation sites is 1. The number of rotatable bonds is 4. The van der Waals surface area contributed by atoms with E-state index in [1.54, 1.807) is 11.3 Å². The average Bonchev–Trinajstić information content (AvgIpc) is 3.72. The fourth-order valence-electron chi connectivity index (χ4n) is 6.76. The Balaban J connectivity index is 1.15. The molecule has 0 aliphatic carbocycles. The van der Waals surface area contributed by atoms with Gasteiger partial charge in [0.1, 0.15) is 11.2 Å². The minimum absolute atomic E-state index is 0.604. The minimum atomic E-state index is 0.604. The van der Waals surface area contributed by atoms with Crippen LogP contribution in [-0.4, -0.2) is 15.0 Å². The van der Waals surface area contributed by atoms with Crippen molar-refractivity contribution in [3.8, 4) is 45.3 Å². The normalized spacial score (nSPS) is 11.8. The number of hydrogen-bond acceptors (Lipinski definition) is 5. The zero-order valence-electron chi connectivity index (χ0n) is 25.6. The molecule has 0 bridgehead atoms. The van der Waals surface area contributed by atoms with Crippen molar-refractivity contribution in [1.29, 1.82) is 0 Å². The van der Waals surface area contributed by atoms with Crippen molar-refractivity contribution in [1.82, 2.24) is 15.0 Å². The van der Waals surface area contributed by atoms with Crippen LogP contribution >= 0.6 is 11.3 Å². The van der Waals surface area contributed by atoms with Crippen LogP contribution in [0.5, 0.6) is 0 Å². The van der Waals surface area contributed by atoms with E-state index in [9.17, 15) is 0 Å². The summed E-state index contributed by atoms with van der Waals surface area (Å²) in [5.41, 5.74) is 6.79. The van der Waals surface area contributed by atoms with E-state index in [1.165, 1.54) is 36.5 Å². The van der Waals surface area contributed by atoms with Gasteiger partial charge in [-0.3, -0.25) is 0 Å². The van der Waals surface area contributed by atoms with E-state index in [0.717, 1.165) is 44.2 Å². The Bertz CT molecular complexity index is 2850. The lowest BCUT2D eigenvalue weighted by Gasteiger charge is -2.10. The maximum absolute atomic E-state index is 6.25. The van der Waals surface area contributed by atoms with Gasteiger partial charge in [0.05, 0.1) is 0 Å². The molecule has 0 unspecified atom stereocenters. The zero-order chi connectivity index (χ0) is 31.6. The van der Waals surface area contributed by atoms with Crippen LogP contribution in [0, 0.1) is 0 Å². The summed E-state index contributed by atoms with van der Waals surface area (Å²) in [5.74, 6) is 1.88. The summed E-state index contributed by atoms with van der Waals surface area (Å²) in [6.07, 6.45) is 0. The summed E-state index contributed by atoms with van der Waals surface area (Å²) < 4.78 is 8.71. The van der Waals surface area contributed by atoms with Crippen LogP contribution in [0.4, 0.5) is 0 Å². The van der Waals surface area contributed by atoms with E-state index in [2.05, 4.69) is 127 Å². The number of nitrogens with zero attached hydrogens (tertiary/aromatic N) is 3. The molecule has 0 radical (unpaired) electrons. The van der Waals surface area contributed by atoms with Crippen molar-refractivity contribution < 1.29 is 4.42 Å². The number of aromatic nitrogens is 3. The highest BCUT2D eigenvalue weighted by atomic mass is 32.1. The van der Waals surface area contributed by atoms with E-state index < -0.39 is 0 Å². The molecule has 10 rings (SSSR count). The monoisotopic (exact) mass is 631 g/mol. The lowest BCUT2D eigenvalue weighted by Crippen LogP contribution is -2.00. The average molecular weight is 632 g/mol.